The number of halogens is 1. The predicted molar refractivity (Wildman–Crippen MR) is 94.2 cm³/mol. The molecule has 24 heavy (non-hydrogen) atoms. The van der Waals surface area contributed by atoms with E-state index in [4.69, 9.17) is 0 Å². The van der Waals surface area contributed by atoms with Gasteiger partial charge in [-0.2, -0.15) is 0 Å². The van der Waals surface area contributed by atoms with Crippen LogP contribution in [0.3, 0.4) is 0 Å². The van der Waals surface area contributed by atoms with E-state index in [1.165, 1.54) is 31.7 Å². The quantitative estimate of drug-likeness (QED) is 0.407. The van der Waals surface area contributed by atoms with E-state index in [0.717, 1.165) is 0 Å². The number of carbonyl (C=O) groups is 1. The molecule has 0 aliphatic heterocycles. The standard InChI is InChI=1S/C18H27FN4O/c1-20-18(23-13-15-8-4-5-9-16(15)19)22-11-10-21-17(24)12-14-6-2-3-7-14/h4-5,8-9,14H,2-3,6-7,10-13H2,1H3,(H,21,24)(H2,20,22,23). The molecule has 1 aliphatic rings. The lowest BCUT2D eigenvalue weighted by atomic mass is 10.0. The Morgan fingerprint density at radius 3 is 2.58 bits per heavy atom. The number of carbonyl (C=O) groups excluding carboxylic acids is 1. The third-order valence-electron chi connectivity index (χ3n) is 4.32. The van der Waals surface area contributed by atoms with Crippen molar-refractivity contribution in [3.05, 3.63) is 35.6 Å². The topological polar surface area (TPSA) is 65.5 Å². The number of benzene rings is 1. The summed E-state index contributed by atoms with van der Waals surface area (Å²) in [4.78, 5) is 15.9. The summed E-state index contributed by atoms with van der Waals surface area (Å²) < 4.78 is 13.6. The minimum absolute atomic E-state index is 0.123. The zero-order valence-corrected chi connectivity index (χ0v) is 14.3. The van der Waals surface area contributed by atoms with Gasteiger partial charge in [0.1, 0.15) is 5.82 Å². The average Bonchev–Trinajstić information content (AvgIpc) is 3.08. The Balaban J connectivity index is 1.61. The van der Waals surface area contributed by atoms with Crippen LogP contribution < -0.4 is 16.0 Å². The second-order valence-corrected chi connectivity index (χ2v) is 6.15. The maximum Gasteiger partial charge on any atom is 0.220 e. The van der Waals surface area contributed by atoms with Crippen molar-refractivity contribution in [1.82, 2.24) is 16.0 Å². The summed E-state index contributed by atoms with van der Waals surface area (Å²) in [6.45, 7) is 1.49. The highest BCUT2D eigenvalue weighted by Gasteiger charge is 2.17. The van der Waals surface area contributed by atoms with E-state index < -0.39 is 0 Å². The van der Waals surface area contributed by atoms with Crippen LogP contribution in [-0.4, -0.2) is 32.0 Å². The lowest BCUT2D eigenvalue weighted by Crippen LogP contribution is -2.41. The van der Waals surface area contributed by atoms with E-state index in [1.54, 1.807) is 25.2 Å². The van der Waals surface area contributed by atoms with Gasteiger partial charge in [0, 0.05) is 38.7 Å². The first-order valence-corrected chi connectivity index (χ1v) is 8.63. The first-order chi connectivity index (χ1) is 11.7. The summed E-state index contributed by atoms with van der Waals surface area (Å²) in [5, 5.41) is 9.10. The van der Waals surface area contributed by atoms with Gasteiger partial charge < -0.3 is 16.0 Å². The fourth-order valence-electron chi connectivity index (χ4n) is 2.97. The number of hydrogen-bond donors (Lipinski definition) is 3. The smallest absolute Gasteiger partial charge is 0.220 e. The van der Waals surface area contributed by atoms with Crippen LogP contribution in [0.1, 0.15) is 37.7 Å². The van der Waals surface area contributed by atoms with Gasteiger partial charge in [0.05, 0.1) is 0 Å². The first kappa shape index (κ1) is 18.2. The van der Waals surface area contributed by atoms with Gasteiger partial charge in [-0.3, -0.25) is 9.79 Å². The van der Waals surface area contributed by atoms with Crippen LogP contribution in [0.5, 0.6) is 0 Å². The molecule has 0 radical (unpaired) electrons. The molecule has 0 aromatic heterocycles. The van der Waals surface area contributed by atoms with Crippen LogP contribution in [0.4, 0.5) is 4.39 Å². The van der Waals surface area contributed by atoms with Crippen molar-refractivity contribution in [1.29, 1.82) is 0 Å². The fourth-order valence-corrected chi connectivity index (χ4v) is 2.97. The highest BCUT2D eigenvalue weighted by molar-refractivity contribution is 5.80. The van der Waals surface area contributed by atoms with E-state index in [1.807, 2.05) is 0 Å². The minimum atomic E-state index is -0.236. The molecule has 1 aromatic carbocycles. The second-order valence-electron chi connectivity index (χ2n) is 6.15. The van der Waals surface area contributed by atoms with Crippen molar-refractivity contribution < 1.29 is 9.18 Å². The van der Waals surface area contributed by atoms with Crippen molar-refractivity contribution in [3.8, 4) is 0 Å². The van der Waals surface area contributed by atoms with E-state index in [-0.39, 0.29) is 11.7 Å². The zero-order chi connectivity index (χ0) is 17.2. The van der Waals surface area contributed by atoms with Crippen molar-refractivity contribution in [2.45, 2.75) is 38.6 Å². The molecule has 0 bridgehead atoms. The van der Waals surface area contributed by atoms with Crippen LogP contribution >= 0.6 is 0 Å². The maximum absolute atomic E-state index is 13.6. The van der Waals surface area contributed by atoms with Crippen molar-refractivity contribution in [2.24, 2.45) is 10.9 Å². The summed E-state index contributed by atoms with van der Waals surface area (Å²) in [6.07, 6.45) is 5.50. The average molecular weight is 334 g/mol. The van der Waals surface area contributed by atoms with Crippen LogP contribution in [0, 0.1) is 11.7 Å². The molecule has 0 spiro atoms. The summed E-state index contributed by atoms with van der Waals surface area (Å²) in [7, 11) is 1.66. The number of amides is 1. The second kappa shape index (κ2) is 9.90. The van der Waals surface area contributed by atoms with Crippen LogP contribution in [-0.2, 0) is 11.3 Å². The van der Waals surface area contributed by atoms with Crippen LogP contribution in [0.2, 0.25) is 0 Å². The molecule has 132 valence electrons. The van der Waals surface area contributed by atoms with E-state index in [2.05, 4.69) is 20.9 Å². The first-order valence-electron chi connectivity index (χ1n) is 8.63. The lowest BCUT2D eigenvalue weighted by molar-refractivity contribution is -0.121. The van der Waals surface area contributed by atoms with Gasteiger partial charge in [-0.25, -0.2) is 4.39 Å². The Kier molecular flexibility index (Phi) is 7.52. The molecule has 0 saturated heterocycles. The van der Waals surface area contributed by atoms with Gasteiger partial charge in [-0.1, -0.05) is 31.0 Å². The number of aliphatic imine (C=N–C) groups is 1. The normalized spacial score (nSPS) is 15.3. The molecule has 0 heterocycles. The van der Waals surface area contributed by atoms with Gasteiger partial charge in [-0.05, 0) is 24.8 Å². The van der Waals surface area contributed by atoms with Crippen LogP contribution in [0.15, 0.2) is 29.3 Å². The summed E-state index contributed by atoms with van der Waals surface area (Å²) in [6, 6.07) is 6.64. The third kappa shape index (κ3) is 6.18. The summed E-state index contributed by atoms with van der Waals surface area (Å²) >= 11 is 0. The molecule has 0 unspecified atom stereocenters. The number of nitrogens with zero attached hydrogens (tertiary/aromatic N) is 1. The van der Waals surface area contributed by atoms with E-state index >= 15 is 0 Å². The fraction of sp³-hybridized carbons (Fsp3) is 0.556. The largest absolute Gasteiger partial charge is 0.355 e. The molecule has 3 N–H and O–H groups in total. The summed E-state index contributed by atoms with van der Waals surface area (Å²) in [5.74, 6) is 1.04. The number of guanidine groups is 1. The van der Waals surface area contributed by atoms with Crippen molar-refractivity contribution >= 4 is 11.9 Å². The van der Waals surface area contributed by atoms with E-state index in [0.29, 0.717) is 43.5 Å². The molecule has 1 saturated carbocycles. The molecule has 1 fully saturated rings. The molecule has 0 atom stereocenters. The van der Waals surface area contributed by atoms with Crippen LogP contribution in [0.25, 0.3) is 0 Å². The van der Waals surface area contributed by atoms with Crippen molar-refractivity contribution in [2.75, 3.05) is 20.1 Å². The highest BCUT2D eigenvalue weighted by Crippen LogP contribution is 2.27. The number of hydrogen-bond acceptors (Lipinski definition) is 2. The Bertz CT molecular complexity index is 556. The molecule has 1 aromatic rings. The zero-order valence-electron chi connectivity index (χ0n) is 14.3. The predicted octanol–water partition coefficient (Wildman–Crippen LogP) is 2.19. The number of rotatable bonds is 7. The third-order valence-corrected chi connectivity index (χ3v) is 4.32. The monoisotopic (exact) mass is 334 g/mol. The van der Waals surface area contributed by atoms with Gasteiger partial charge >= 0.3 is 0 Å². The van der Waals surface area contributed by atoms with Gasteiger partial charge in [0.25, 0.3) is 0 Å². The molecule has 6 heteroatoms. The van der Waals surface area contributed by atoms with Gasteiger partial charge in [0.2, 0.25) is 5.91 Å². The summed E-state index contributed by atoms with van der Waals surface area (Å²) in [5.41, 5.74) is 0.588. The molecule has 1 amide bonds. The molecule has 2 rings (SSSR count). The minimum Gasteiger partial charge on any atom is -0.355 e. The van der Waals surface area contributed by atoms with Crippen molar-refractivity contribution in [3.63, 3.8) is 0 Å². The molecule has 5 nitrogen and oxygen atoms in total. The molecule has 1 aliphatic carbocycles. The lowest BCUT2D eigenvalue weighted by Gasteiger charge is -2.13. The molecular formula is C18H27FN4O. The SMILES string of the molecule is CN=C(NCCNC(=O)CC1CCCC1)NCc1ccccc1F. The van der Waals surface area contributed by atoms with Gasteiger partial charge in [0.15, 0.2) is 5.96 Å². The Labute approximate surface area is 143 Å². The van der Waals surface area contributed by atoms with Gasteiger partial charge in [-0.15, -0.1) is 0 Å². The molecular weight excluding hydrogens is 307 g/mol. The Morgan fingerprint density at radius 1 is 1.17 bits per heavy atom. The highest BCUT2D eigenvalue weighted by atomic mass is 19.1. The number of nitrogens with one attached hydrogen (secondary N) is 3. The maximum atomic E-state index is 13.6. The Morgan fingerprint density at radius 2 is 1.88 bits per heavy atom. The Hall–Kier alpha value is -2.11. The van der Waals surface area contributed by atoms with E-state index in [9.17, 15) is 9.18 Å².